The van der Waals surface area contributed by atoms with Crippen LogP contribution in [0.25, 0.3) is 11.3 Å². The molecule has 8 heteroatoms. The number of benzene rings is 1. The molecule has 3 heterocycles. The van der Waals surface area contributed by atoms with E-state index < -0.39 is 9.84 Å². The third-order valence-electron chi connectivity index (χ3n) is 4.37. The first-order valence-electron chi connectivity index (χ1n) is 8.00. The third-order valence-corrected chi connectivity index (χ3v) is 6.17. The lowest BCUT2D eigenvalue weighted by molar-refractivity contribution is 0.363. The van der Waals surface area contributed by atoms with Crippen LogP contribution in [0.1, 0.15) is 0 Å². The van der Waals surface area contributed by atoms with E-state index in [1.165, 1.54) is 12.4 Å². The molecule has 0 atom stereocenters. The fourth-order valence-corrected chi connectivity index (χ4v) is 4.48. The number of anilines is 1. The van der Waals surface area contributed by atoms with E-state index in [1.54, 1.807) is 36.4 Å². The lowest BCUT2D eigenvalue weighted by Gasteiger charge is -2.30. The highest BCUT2D eigenvalue weighted by Crippen LogP contribution is 2.35. The molecule has 6 nitrogen and oxygen atoms in total. The maximum absolute atomic E-state index is 14.4. The van der Waals surface area contributed by atoms with Gasteiger partial charge in [0, 0.05) is 37.9 Å². The predicted octanol–water partition coefficient (Wildman–Crippen LogP) is 1.96. The van der Waals surface area contributed by atoms with E-state index in [0.29, 0.717) is 35.0 Å². The molecule has 0 amide bonds. The van der Waals surface area contributed by atoms with Crippen molar-refractivity contribution in [2.24, 2.45) is 0 Å². The molecule has 1 aromatic carbocycles. The second kappa shape index (κ2) is 6.12. The Hall–Kier alpha value is -2.45. The van der Waals surface area contributed by atoms with Gasteiger partial charge in [0.25, 0.3) is 0 Å². The number of nitrogens with one attached hydrogen (secondary N) is 1. The van der Waals surface area contributed by atoms with Crippen molar-refractivity contribution in [1.29, 1.82) is 0 Å². The quantitative estimate of drug-likeness (QED) is 0.773. The van der Waals surface area contributed by atoms with Gasteiger partial charge in [-0.05, 0) is 18.2 Å². The van der Waals surface area contributed by atoms with Gasteiger partial charge < -0.3 is 10.2 Å². The first-order valence-corrected chi connectivity index (χ1v) is 9.49. The number of rotatable bonds is 3. The Balaban J connectivity index is 1.84. The molecule has 0 unspecified atom stereocenters. The summed E-state index contributed by atoms with van der Waals surface area (Å²) in [5.41, 5.74) is 0.752. The minimum Gasteiger partial charge on any atom is -0.353 e. The van der Waals surface area contributed by atoms with Gasteiger partial charge in [0.2, 0.25) is 9.84 Å². The summed E-state index contributed by atoms with van der Waals surface area (Å²) in [6, 6.07) is 9.77. The number of hydrogen-bond donors (Lipinski definition) is 1. The third kappa shape index (κ3) is 2.77. The number of aromatic nitrogens is 2. The van der Waals surface area contributed by atoms with Crippen molar-refractivity contribution in [3.63, 3.8) is 0 Å². The van der Waals surface area contributed by atoms with Crippen LogP contribution in [0.15, 0.2) is 58.6 Å². The zero-order chi connectivity index (χ0) is 17.4. The van der Waals surface area contributed by atoms with E-state index in [1.807, 2.05) is 4.90 Å². The summed E-state index contributed by atoms with van der Waals surface area (Å²) in [5, 5.41) is 3.21. The topological polar surface area (TPSA) is 67.2 Å². The van der Waals surface area contributed by atoms with Crippen molar-refractivity contribution in [2.75, 3.05) is 31.1 Å². The smallest absolute Gasteiger partial charge is 0.208 e. The molecule has 1 saturated heterocycles. The number of nitrogens with zero attached hydrogens (tertiary/aromatic N) is 3. The first kappa shape index (κ1) is 16.0. The van der Waals surface area contributed by atoms with E-state index in [-0.39, 0.29) is 9.79 Å². The van der Waals surface area contributed by atoms with Crippen LogP contribution in [0, 0.1) is 0 Å². The molecule has 25 heavy (non-hydrogen) atoms. The van der Waals surface area contributed by atoms with E-state index in [2.05, 4.69) is 10.3 Å². The highest BCUT2D eigenvalue weighted by Gasteiger charge is 2.27. The number of sulfone groups is 1. The number of pyridine rings is 1. The van der Waals surface area contributed by atoms with Crippen molar-refractivity contribution >= 4 is 15.7 Å². The molecule has 0 bridgehead atoms. The van der Waals surface area contributed by atoms with Crippen LogP contribution in [0.3, 0.4) is 0 Å². The molecule has 0 aliphatic carbocycles. The SMILES string of the molecule is O=S(=O)(c1ccccc1)c1cnc2cn(F)c(N3CCNCC3)cc1-2. The maximum atomic E-state index is 14.4. The van der Waals surface area contributed by atoms with Crippen LogP contribution >= 0.6 is 0 Å². The van der Waals surface area contributed by atoms with E-state index in [0.717, 1.165) is 13.1 Å². The molecule has 1 fully saturated rings. The summed E-state index contributed by atoms with van der Waals surface area (Å²) in [6.45, 7) is 2.83. The fraction of sp³-hybridized carbons (Fsp3) is 0.235. The molecular weight excluding hydrogens is 343 g/mol. The summed E-state index contributed by atoms with van der Waals surface area (Å²) in [7, 11) is -3.71. The van der Waals surface area contributed by atoms with Gasteiger partial charge in [0.1, 0.15) is 5.82 Å². The van der Waals surface area contributed by atoms with Crippen LogP contribution in [-0.4, -0.2) is 44.4 Å². The fourth-order valence-electron chi connectivity index (χ4n) is 3.07. The first-order chi connectivity index (χ1) is 12.1. The summed E-state index contributed by atoms with van der Waals surface area (Å²) in [4.78, 5) is 6.79. The van der Waals surface area contributed by atoms with Gasteiger partial charge in [-0.25, -0.2) is 8.42 Å². The van der Waals surface area contributed by atoms with Gasteiger partial charge in [-0.15, -0.1) is 0 Å². The highest BCUT2D eigenvalue weighted by atomic mass is 32.2. The van der Waals surface area contributed by atoms with E-state index >= 15 is 0 Å². The second-order valence-corrected chi connectivity index (χ2v) is 7.84. The molecule has 1 aromatic rings. The summed E-state index contributed by atoms with van der Waals surface area (Å²) in [5.74, 6) is 0.339. The standard InChI is InChI=1S/C17H17FN4O2S/c18-22-12-15-14(10-17(22)21-8-6-19-7-9-21)16(11-20-15)25(23,24)13-4-2-1-3-5-13/h1-5,10-12,19H,6-9H2. The molecular formula is C17H17FN4O2S. The van der Waals surface area contributed by atoms with Gasteiger partial charge in [-0.1, -0.05) is 22.7 Å². The Morgan fingerprint density at radius 3 is 2.56 bits per heavy atom. The van der Waals surface area contributed by atoms with Crippen molar-refractivity contribution in [2.45, 2.75) is 9.79 Å². The zero-order valence-electron chi connectivity index (χ0n) is 13.4. The van der Waals surface area contributed by atoms with Crippen LogP contribution < -0.4 is 10.2 Å². The van der Waals surface area contributed by atoms with Crippen LogP contribution in [-0.2, 0) is 9.84 Å². The summed E-state index contributed by atoms with van der Waals surface area (Å²) >= 11 is 0. The lowest BCUT2D eigenvalue weighted by atomic mass is 10.2. The lowest BCUT2D eigenvalue weighted by Crippen LogP contribution is -2.44. The van der Waals surface area contributed by atoms with Crippen LogP contribution in [0.2, 0.25) is 0 Å². The number of fused-ring (bicyclic) bond motifs is 1. The van der Waals surface area contributed by atoms with Crippen molar-refractivity contribution in [3.8, 4) is 11.3 Å². The monoisotopic (exact) mass is 360 g/mol. The Kier molecular flexibility index (Phi) is 3.93. The van der Waals surface area contributed by atoms with Gasteiger partial charge >= 0.3 is 0 Å². The average molecular weight is 360 g/mol. The van der Waals surface area contributed by atoms with Gasteiger partial charge in [0.05, 0.1) is 21.7 Å². The second-order valence-electron chi connectivity index (χ2n) is 5.92. The Labute approximate surface area is 145 Å². The Bertz CT molecular complexity index is 966. The Morgan fingerprint density at radius 1 is 1.12 bits per heavy atom. The molecule has 4 rings (SSSR count). The number of hydrogen-bond acceptors (Lipinski definition) is 5. The molecule has 0 radical (unpaired) electrons. The largest absolute Gasteiger partial charge is 0.353 e. The summed E-state index contributed by atoms with van der Waals surface area (Å²) in [6.07, 6.45) is 2.53. The van der Waals surface area contributed by atoms with Crippen molar-refractivity contribution in [1.82, 2.24) is 15.1 Å². The van der Waals surface area contributed by atoms with Crippen molar-refractivity contribution < 1.29 is 12.9 Å². The Morgan fingerprint density at radius 2 is 1.84 bits per heavy atom. The number of piperazine rings is 1. The molecule has 130 valence electrons. The van der Waals surface area contributed by atoms with E-state index in [9.17, 15) is 12.9 Å². The van der Waals surface area contributed by atoms with Crippen LogP contribution in [0.5, 0.6) is 0 Å². The minimum atomic E-state index is -3.71. The summed E-state index contributed by atoms with van der Waals surface area (Å²) < 4.78 is 40.2. The van der Waals surface area contributed by atoms with Gasteiger partial charge in [0.15, 0.2) is 0 Å². The molecule has 1 N–H and O–H groups in total. The predicted molar refractivity (Wildman–Crippen MR) is 92.3 cm³/mol. The minimum absolute atomic E-state index is 0.102. The van der Waals surface area contributed by atoms with E-state index in [4.69, 9.17) is 0 Å². The maximum Gasteiger partial charge on any atom is 0.208 e. The zero-order valence-corrected chi connectivity index (χ0v) is 14.2. The molecule has 3 aliphatic heterocycles. The molecule has 0 aromatic heterocycles. The van der Waals surface area contributed by atoms with Gasteiger partial charge in [-0.2, -0.15) is 4.79 Å². The normalized spacial score (nSPS) is 15.6. The molecule has 0 spiro atoms. The highest BCUT2D eigenvalue weighted by molar-refractivity contribution is 7.91. The van der Waals surface area contributed by atoms with Crippen LogP contribution in [0.4, 0.5) is 10.3 Å². The molecule has 3 aliphatic rings. The van der Waals surface area contributed by atoms with Crippen molar-refractivity contribution in [3.05, 3.63) is 48.8 Å². The number of halogens is 1. The van der Waals surface area contributed by atoms with Gasteiger partial charge in [-0.3, -0.25) is 4.98 Å². The average Bonchev–Trinajstić information content (AvgIpc) is 3.06. The molecule has 0 saturated carbocycles.